The van der Waals surface area contributed by atoms with E-state index in [9.17, 15) is 0 Å². The van der Waals surface area contributed by atoms with E-state index in [1.165, 1.54) is 32.1 Å². The highest BCUT2D eigenvalue weighted by Crippen LogP contribution is 2.45. The van der Waals surface area contributed by atoms with Crippen molar-refractivity contribution < 1.29 is 4.74 Å². The summed E-state index contributed by atoms with van der Waals surface area (Å²) in [6.45, 7) is 4.64. The van der Waals surface area contributed by atoms with Crippen molar-refractivity contribution in [3.05, 3.63) is 0 Å². The molecule has 0 spiro atoms. The van der Waals surface area contributed by atoms with Crippen molar-refractivity contribution in [1.82, 2.24) is 5.32 Å². The summed E-state index contributed by atoms with van der Waals surface area (Å²) in [4.78, 5) is 0. The molecule has 3 fully saturated rings. The molecule has 0 aromatic heterocycles. The minimum absolute atomic E-state index is 0.372. The molecule has 0 amide bonds. The lowest BCUT2D eigenvalue weighted by Crippen LogP contribution is -2.42. The zero-order chi connectivity index (χ0) is 10.4. The van der Waals surface area contributed by atoms with Crippen LogP contribution in [0.1, 0.15) is 46.0 Å². The molecule has 3 rings (SSSR count). The van der Waals surface area contributed by atoms with Crippen LogP contribution in [0.3, 0.4) is 0 Å². The fourth-order valence-electron chi connectivity index (χ4n) is 4.21. The Kier molecular flexibility index (Phi) is 2.52. The van der Waals surface area contributed by atoms with Crippen LogP contribution in [0.2, 0.25) is 0 Å². The summed E-state index contributed by atoms with van der Waals surface area (Å²) in [5, 5.41) is 3.73. The van der Waals surface area contributed by atoms with Crippen LogP contribution in [0, 0.1) is 17.8 Å². The molecule has 0 aromatic carbocycles. The van der Waals surface area contributed by atoms with E-state index in [0.717, 1.165) is 23.8 Å². The Morgan fingerprint density at radius 3 is 2.80 bits per heavy atom. The third-order valence-electron chi connectivity index (χ3n) is 4.78. The topological polar surface area (TPSA) is 23.3 Å². The molecular weight excluding hydrogens is 186 g/mol. The van der Waals surface area contributed by atoms with Gasteiger partial charge in [-0.3, -0.25) is 0 Å². The summed E-state index contributed by atoms with van der Waals surface area (Å²) in [6.07, 6.45) is 7.74. The summed E-state index contributed by atoms with van der Waals surface area (Å²) in [6, 6.07) is 0.765. The molecule has 3 aliphatic rings. The van der Waals surface area contributed by atoms with Crippen molar-refractivity contribution in [3.63, 3.8) is 0 Å². The Bertz CT molecular complexity index is 243. The lowest BCUT2D eigenvalue weighted by molar-refractivity contribution is -0.102. The Hall–Kier alpha value is -0.0800. The number of nitrogens with one attached hydrogen (secondary N) is 1. The summed E-state index contributed by atoms with van der Waals surface area (Å²) >= 11 is 0. The minimum Gasteiger partial charge on any atom is -0.240 e. The minimum atomic E-state index is 0.372. The fraction of sp³-hybridized carbons (Fsp3) is 1.00. The second kappa shape index (κ2) is 3.74. The molecule has 0 bridgehead atoms. The Morgan fingerprint density at radius 1 is 1.13 bits per heavy atom. The maximum Gasteiger partial charge on any atom is 0.288 e. The molecule has 1 N–H and O–H groups in total. The molecule has 2 nitrogen and oxygen atoms in total. The van der Waals surface area contributed by atoms with Crippen molar-refractivity contribution in [3.8, 4) is 0 Å². The zero-order valence-electron chi connectivity index (χ0n) is 9.91. The highest BCUT2D eigenvalue weighted by Gasteiger charge is 2.55. The van der Waals surface area contributed by atoms with Crippen LogP contribution in [-0.2, 0) is 4.74 Å². The number of ether oxygens (including phenoxy) is 1. The van der Waals surface area contributed by atoms with Gasteiger partial charge in [-0.25, -0.2) is 5.32 Å². The number of fused-ring (bicyclic) bond motifs is 3. The van der Waals surface area contributed by atoms with Crippen LogP contribution < -0.4 is 5.32 Å². The van der Waals surface area contributed by atoms with Gasteiger partial charge >= 0.3 is 0 Å². The van der Waals surface area contributed by atoms with E-state index in [4.69, 9.17) is 4.74 Å². The molecule has 1 saturated carbocycles. The number of hydrogen-bond acceptors (Lipinski definition) is 2. The molecule has 15 heavy (non-hydrogen) atoms. The molecule has 6 atom stereocenters. The van der Waals surface area contributed by atoms with Crippen LogP contribution >= 0.6 is 0 Å². The highest BCUT2D eigenvalue weighted by atomic mass is 16.5. The molecule has 1 aliphatic carbocycles. The van der Waals surface area contributed by atoms with Crippen LogP contribution in [-0.4, -0.2) is 18.4 Å². The molecule has 2 aliphatic heterocycles. The molecule has 2 heterocycles. The van der Waals surface area contributed by atoms with E-state index >= 15 is 0 Å². The summed E-state index contributed by atoms with van der Waals surface area (Å²) in [7, 11) is 0. The first-order valence-electron chi connectivity index (χ1n) is 6.67. The first-order valence-corrected chi connectivity index (χ1v) is 6.67. The van der Waals surface area contributed by atoms with Gasteiger partial charge in [0.2, 0.25) is 6.10 Å². The average molecular weight is 209 g/mol. The quantitative estimate of drug-likeness (QED) is 0.620. The standard InChI is InChI=1S/C13H23NO/c1-8-7-9(2)15-13-12(8)10-5-3-4-6-11(10)14-13/h8-14H,3-7H2,1-2H3/q+1. The van der Waals surface area contributed by atoms with Crippen molar-refractivity contribution in [2.75, 3.05) is 0 Å². The Morgan fingerprint density at radius 2 is 1.93 bits per heavy atom. The van der Waals surface area contributed by atoms with E-state index in [0.29, 0.717) is 12.3 Å². The third-order valence-corrected chi connectivity index (χ3v) is 4.78. The van der Waals surface area contributed by atoms with Gasteiger partial charge in [0.1, 0.15) is 0 Å². The van der Waals surface area contributed by atoms with E-state index in [1.807, 2.05) is 0 Å². The van der Waals surface area contributed by atoms with Crippen LogP contribution in [0.25, 0.3) is 0 Å². The van der Waals surface area contributed by atoms with Gasteiger partial charge in [0.05, 0.1) is 5.92 Å². The van der Waals surface area contributed by atoms with E-state index < -0.39 is 0 Å². The lowest BCUT2D eigenvalue weighted by atomic mass is 9.72. The summed E-state index contributed by atoms with van der Waals surface area (Å²) in [5.74, 6) is 2.55. The fourth-order valence-corrected chi connectivity index (χ4v) is 4.21. The molecule has 85 valence electrons. The third kappa shape index (κ3) is 1.62. The van der Waals surface area contributed by atoms with Crippen LogP contribution in [0.4, 0.5) is 0 Å². The van der Waals surface area contributed by atoms with E-state index in [1.54, 1.807) is 0 Å². The smallest absolute Gasteiger partial charge is 0.240 e. The Labute approximate surface area is 92.8 Å². The predicted octanol–water partition coefficient (Wildman–Crippen LogP) is 2.54. The molecule has 6 unspecified atom stereocenters. The number of rotatable bonds is 0. The van der Waals surface area contributed by atoms with Crippen molar-refractivity contribution in [1.29, 1.82) is 0 Å². The highest BCUT2D eigenvalue weighted by molar-refractivity contribution is 4.99. The molecule has 1 radical (unpaired) electrons. The number of hydrogen-bond donors (Lipinski definition) is 1. The van der Waals surface area contributed by atoms with Gasteiger partial charge in [-0.2, -0.15) is 0 Å². The molecule has 2 saturated heterocycles. The summed E-state index contributed by atoms with van der Waals surface area (Å²) in [5.41, 5.74) is 0. The van der Waals surface area contributed by atoms with Crippen molar-refractivity contribution in [2.24, 2.45) is 17.8 Å². The van der Waals surface area contributed by atoms with Gasteiger partial charge in [-0.1, -0.05) is 19.8 Å². The monoisotopic (exact) mass is 209 g/mol. The van der Waals surface area contributed by atoms with E-state index in [-0.39, 0.29) is 0 Å². The maximum absolute atomic E-state index is 6.06. The second-order valence-corrected chi connectivity index (χ2v) is 5.88. The van der Waals surface area contributed by atoms with Crippen molar-refractivity contribution in [2.45, 2.75) is 64.3 Å². The van der Waals surface area contributed by atoms with Crippen LogP contribution in [0.15, 0.2) is 0 Å². The normalized spacial score (nSPS) is 54.8. The molecule has 2 heteroatoms. The van der Waals surface area contributed by atoms with Gasteiger partial charge in [-0.15, -0.1) is 4.74 Å². The van der Waals surface area contributed by atoms with Crippen LogP contribution in [0.5, 0.6) is 0 Å². The first-order chi connectivity index (χ1) is 7.25. The van der Waals surface area contributed by atoms with Gasteiger partial charge in [0, 0.05) is 19.4 Å². The van der Waals surface area contributed by atoms with Crippen molar-refractivity contribution >= 4 is 0 Å². The van der Waals surface area contributed by atoms with Gasteiger partial charge in [0.25, 0.3) is 6.23 Å². The summed E-state index contributed by atoms with van der Waals surface area (Å²) < 4.78 is 6.06. The maximum atomic E-state index is 6.06. The predicted molar refractivity (Wildman–Crippen MR) is 60.5 cm³/mol. The molecule has 0 aromatic rings. The van der Waals surface area contributed by atoms with E-state index in [2.05, 4.69) is 19.2 Å². The van der Waals surface area contributed by atoms with Gasteiger partial charge < -0.3 is 0 Å². The van der Waals surface area contributed by atoms with Gasteiger partial charge in [0.15, 0.2) is 0 Å². The SMILES string of the molecule is CC1CC(C)C2C(NC3CCCCC32)[O+]1. The second-order valence-electron chi connectivity index (χ2n) is 5.88. The first kappa shape index (κ1) is 10.1. The average Bonchev–Trinajstić information content (AvgIpc) is 2.54. The largest absolute Gasteiger partial charge is 0.288 e. The Balaban J connectivity index is 1.79. The molecular formula is C13H23NO+. The lowest BCUT2D eigenvalue weighted by Gasteiger charge is -2.32. The van der Waals surface area contributed by atoms with Gasteiger partial charge in [-0.05, 0) is 24.7 Å². The zero-order valence-corrected chi connectivity index (χ0v) is 9.91.